The molecular weight excluding hydrogens is 272 g/mol. The third kappa shape index (κ3) is 6.10. The van der Waals surface area contributed by atoms with Crippen molar-refractivity contribution in [3.63, 3.8) is 0 Å². The third-order valence-corrected chi connectivity index (χ3v) is 5.47. The van der Waals surface area contributed by atoms with Gasteiger partial charge in [-0.05, 0) is 50.5 Å². The van der Waals surface area contributed by atoms with Gasteiger partial charge in [0.25, 0.3) is 0 Å². The molecule has 2 unspecified atom stereocenters. The van der Waals surface area contributed by atoms with Gasteiger partial charge >= 0.3 is 0 Å². The topological polar surface area (TPSA) is 49.4 Å². The van der Waals surface area contributed by atoms with Crippen LogP contribution in [0.5, 0.6) is 0 Å². The smallest absolute Gasteiger partial charge is 0.211 e. The quantitative estimate of drug-likeness (QED) is 0.786. The van der Waals surface area contributed by atoms with Crippen molar-refractivity contribution in [1.29, 1.82) is 0 Å². The average molecular weight is 304 g/mol. The summed E-state index contributed by atoms with van der Waals surface area (Å²) in [6.07, 6.45) is 5.72. The maximum absolute atomic E-state index is 11.7. The summed E-state index contributed by atoms with van der Waals surface area (Å²) in [5.41, 5.74) is 0.257. The zero-order chi connectivity index (χ0) is 15.4. The van der Waals surface area contributed by atoms with E-state index in [1.54, 1.807) is 4.31 Å². The van der Waals surface area contributed by atoms with Crippen LogP contribution in [0.25, 0.3) is 0 Å². The van der Waals surface area contributed by atoms with E-state index in [1.165, 1.54) is 6.26 Å². The molecule has 0 amide bonds. The predicted molar refractivity (Wildman–Crippen MR) is 85.3 cm³/mol. The van der Waals surface area contributed by atoms with Gasteiger partial charge in [0.2, 0.25) is 10.0 Å². The van der Waals surface area contributed by atoms with E-state index in [2.05, 4.69) is 33.0 Å². The van der Waals surface area contributed by atoms with Crippen LogP contribution in [0.1, 0.15) is 53.4 Å². The van der Waals surface area contributed by atoms with E-state index in [-0.39, 0.29) is 5.41 Å². The minimum Gasteiger partial charge on any atom is -0.315 e. The largest absolute Gasteiger partial charge is 0.315 e. The minimum absolute atomic E-state index is 0.257. The van der Waals surface area contributed by atoms with Crippen molar-refractivity contribution in [2.75, 3.05) is 25.9 Å². The van der Waals surface area contributed by atoms with Crippen LogP contribution < -0.4 is 5.32 Å². The molecule has 0 spiro atoms. The van der Waals surface area contributed by atoms with E-state index in [9.17, 15) is 8.42 Å². The number of hydrogen-bond acceptors (Lipinski definition) is 3. The van der Waals surface area contributed by atoms with Gasteiger partial charge in [-0.3, -0.25) is 0 Å². The lowest BCUT2D eigenvalue weighted by Gasteiger charge is -2.37. The maximum Gasteiger partial charge on any atom is 0.211 e. The summed E-state index contributed by atoms with van der Waals surface area (Å²) in [6, 6.07) is 0.518. The summed E-state index contributed by atoms with van der Waals surface area (Å²) in [6.45, 7) is 11.4. The average Bonchev–Trinajstić information content (AvgIpc) is 2.26. The highest BCUT2D eigenvalue weighted by atomic mass is 32.2. The van der Waals surface area contributed by atoms with E-state index in [4.69, 9.17) is 0 Å². The van der Waals surface area contributed by atoms with Crippen molar-refractivity contribution in [2.24, 2.45) is 11.3 Å². The van der Waals surface area contributed by atoms with Crippen molar-refractivity contribution in [3.8, 4) is 0 Å². The second-order valence-electron chi connectivity index (χ2n) is 7.16. The van der Waals surface area contributed by atoms with Crippen LogP contribution in [-0.2, 0) is 10.0 Å². The van der Waals surface area contributed by atoms with Crippen molar-refractivity contribution >= 4 is 10.0 Å². The molecule has 0 bridgehead atoms. The number of rotatable bonds is 7. The van der Waals surface area contributed by atoms with Crippen LogP contribution in [0, 0.1) is 11.3 Å². The standard InChI is InChI=1S/C15H32N2O2S/c1-6-16-13(2)10-15(3,4)11-14-8-7-9-17(12-14)20(5,18)19/h13-14,16H,6-12H2,1-5H3. The Morgan fingerprint density at radius 3 is 2.60 bits per heavy atom. The van der Waals surface area contributed by atoms with Crippen molar-refractivity contribution in [1.82, 2.24) is 9.62 Å². The maximum atomic E-state index is 11.7. The summed E-state index contributed by atoms with van der Waals surface area (Å²) in [5, 5.41) is 3.47. The molecule has 1 fully saturated rings. The summed E-state index contributed by atoms with van der Waals surface area (Å²) < 4.78 is 25.0. The molecule has 5 heteroatoms. The second-order valence-corrected chi connectivity index (χ2v) is 9.14. The first-order valence-corrected chi connectivity index (χ1v) is 9.67. The summed E-state index contributed by atoms with van der Waals surface area (Å²) in [7, 11) is -3.03. The minimum atomic E-state index is -3.03. The van der Waals surface area contributed by atoms with Gasteiger partial charge in [-0.25, -0.2) is 12.7 Å². The fourth-order valence-electron chi connectivity index (χ4n) is 3.61. The van der Waals surface area contributed by atoms with E-state index in [0.29, 0.717) is 25.0 Å². The first-order chi connectivity index (χ1) is 9.14. The molecule has 120 valence electrons. The highest BCUT2D eigenvalue weighted by molar-refractivity contribution is 7.88. The van der Waals surface area contributed by atoms with Crippen molar-refractivity contribution in [3.05, 3.63) is 0 Å². The Hall–Kier alpha value is -0.130. The van der Waals surface area contributed by atoms with Crippen LogP contribution in [-0.4, -0.2) is 44.7 Å². The lowest BCUT2D eigenvalue weighted by molar-refractivity contribution is 0.171. The first-order valence-electron chi connectivity index (χ1n) is 7.82. The van der Waals surface area contributed by atoms with E-state index < -0.39 is 10.0 Å². The molecule has 4 nitrogen and oxygen atoms in total. The van der Waals surface area contributed by atoms with Gasteiger partial charge in [0, 0.05) is 19.1 Å². The predicted octanol–water partition coefficient (Wildman–Crippen LogP) is 2.46. The summed E-state index contributed by atoms with van der Waals surface area (Å²) in [4.78, 5) is 0. The lowest BCUT2D eigenvalue weighted by atomic mass is 9.76. The molecule has 0 aromatic carbocycles. The molecule has 2 atom stereocenters. The Bertz CT molecular complexity index is 393. The van der Waals surface area contributed by atoms with E-state index >= 15 is 0 Å². The number of hydrogen-bond donors (Lipinski definition) is 1. The first kappa shape index (κ1) is 17.9. The molecule has 1 heterocycles. The zero-order valence-corrected chi connectivity index (χ0v) is 14.6. The molecular formula is C15H32N2O2S. The van der Waals surface area contributed by atoms with Crippen LogP contribution >= 0.6 is 0 Å². The molecule has 1 aliphatic rings. The number of sulfonamides is 1. The van der Waals surface area contributed by atoms with Gasteiger partial charge in [-0.2, -0.15) is 0 Å². The van der Waals surface area contributed by atoms with Crippen LogP contribution in [0.3, 0.4) is 0 Å². The number of nitrogens with one attached hydrogen (secondary N) is 1. The molecule has 0 saturated carbocycles. The van der Waals surface area contributed by atoms with Gasteiger partial charge < -0.3 is 5.32 Å². The second kappa shape index (κ2) is 7.23. The fourth-order valence-corrected chi connectivity index (χ4v) is 4.55. The Morgan fingerprint density at radius 1 is 1.40 bits per heavy atom. The molecule has 0 aromatic heterocycles. The summed E-state index contributed by atoms with van der Waals surface area (Å²) in [5.74, 6) is 0.502. The monoisotopic (exact) mass is 304 g/mol. The van der Waals surface area contributed by atoms with Gasteiger partial charge in [-0.15, -0.1) is 0 Å². The Labute approximate surface area is 125 Å². The Morgan fingerprint density at radius 2 is 2.05 bits per heavy atom. The molecule has 1 saturated heterocycles. The number of piperidine rings is 1. The molecule has 1 rings (SSSR count). The molecule has 1 aliphatic heterocycles. The molecule has 0 aromatic rings. The molecule has 20 heavy (non-hydrogen) atoms. The van der Waals surface area contributed by atoms with Crippen molar-refractivity contribution in [2.45, 2.75) is 59.4 Å². The lowest BCUT2D eigenvalue weighted by Crippen LogP contribution is -2.41. The Kier molecular flexibility index (Phi) is 6.48. The molecule has 0 radical (unpaired) electrons. The molecule has 0 aliphatic carbocycles. The highest BCUT2D eigenvalue weighted by Crippen LogP contribution is 2.34. The third-order valence-electron chi connectivity index (χ3n) is 4.20. The fraction of sp³-hybridized carbons (Fsp3) is 1.00. The van der Waals surface area contributed by atoms with E-state index in [1.807, 2.05) is 0 Å². The normalized spacial score (nSPS) is 23.8. The van der Waals surface area contributed by atoms with Crippen molar-refractivity contribution < 1.29 is 8.42 Å². The SMILES string of the molecule is CCNC(C)CC(C)(C)CC1CCCN(S(C)(=O)=O)C1. The van der Waals surface area contributed by atoms with Gasteiger partial charge in [0.15, 0.2) is 0 Å². The summed E-state index contributed by atoms with van der Waals surface area (Å²) >= 11 is 0. The number of nitrogens with zero attached hydrogens (tertiary/aromatic N) is 1. The van der Waals surface area contributed by atoms with Gasteiger partial charge in [0.1, 0.15) is 0 Å². The zero-order valence-electron chi connectivity index (χ0n) is 13.8. The molecule has 1 N–H and O–H groups in total. The van der Waals surface area contributed by atoms with Crippen LogP contribution in [0.2, 0.25) is 0 Å². The van der Waals surface area contributed by atoms with Gasteiger partial charge in [0.05, 0.1) is 6.26 Å². The highest BCUT2D eigenvalue weighted by Gasteiger charge is 2.31. The Balaban J connectivity index is 2.54. The van der Waals surface area contributed by atoms with Crippen LogP contribution in [0.15, 0.2) is 0 Å². The van der Waals surface area contributed by atoms with Gasteiger partial charge in [-0.1, -0.05) is 20.8 Å². The van der Waals surface area contributed by atoms with Crippen LogP contribution in [0.4, 0.5) is 0 Å². The van der Waals surface area contributed by atoms with E-state index in [0.717, 1.165) is 32.2 Å².